The van der Waals surface area contributed by atoms with Crippen molar-refractivity contribution < 1.29 is 0 Å². The molecule has 5 rings (SSSR count). The summed E-state index contributed by atoms with van der Waals surface area (Å²) < 4.78 is 4.39. The molecule has 36 heavy (non-hydrogen) atoms. The van der Waals surface area contributed by atoms with Crippen LogP contribution in [0.4, 0.5) is 5.95 Å². The number of anilines is 1. The van der Waals surface area contributed by atoms with E-state index in [4.69, 9.17) is 10.7 Å². The Labute approximate surface area is 218 Å². The van der Waals surface area contributed by atoms with E-state index in [1.165, 1.54) is 9.13 Å². The van der Waals surface area contributed by atoms with E-state index in [0.717, 1.165) is 36.0 Å². The number of rotatable bonds is 4. The predicted octanol–water partition coefficient (Wildman–Crippen LogP) is 1.73. The number of nitrogens with zero attached hydrogens (tertiary/aromatic N) is 7. The molecule has 11 heteroatoms. The Hall–Kier alpha value is -3.49. The molecule has 1 fully saturated rings. The average molecular weight is 553 g/mol. The van der Waals surface area contributed by atoms with Gasteiger partial charge in [0.1, 0.15) is 5.82 Å². The monoisotopic (exact) mass is 552 g/mol. The van der Waals surface area contributed by atoms with Gasteiger partial charge in [-0.2, -0.15) is 4.98 Å². The van der Waals surface area contributed by atoms with Crippen LogP contribution in [0.25, 0.3) is 22.1 Å². The second-order valence-electron chi connectivity index (χ2n) is 8.92. The Morgan fingerprint density at radius 3 is 2.67 bits per heavy atom. The molecule has 1 aromatic carbocycles. The molecule has 0 spiro atoms. The molecular weight excluding hydrogens is 524 g/mol. The third-order valence-electron chi connectivity index (χ3n) is 6.51. The summed E-state index contributed by atoms with van der Waals surface area (Å²) in [5, 5.41) is 0.938. The van der Waals surface area contributed by atoms with Crippen LogP contribution in [0.3, 0.4) is 0 Å². The Morgan fingerprint density at radius 1 is 1.14 bits per heavy atom. The number of nitrogens with two attached hydrogens (primary N) is 1. The summed E-state index contributed by atoms with van der Waals surface area (Å²) in [5.74, 6) is 6.96. The molecular formula is C25H29BrN8O2. The first-order chi connectivity index (χ1) is 16.9. The molecule has 1 saturated heterocycles. The van der Waals surface area contributed by atoms with Gasteiger partial charge in [0.05, 0.1) is 18.6 Å². The van der Waals surface area contributed by atoms with E-state index in [1.54, 1.807) is 18.5 Å². The Balaban J connectivity index is 0.00000304. The molecule has 4 aromatic rings. The second kappa shape index (κ2) is 10.2. The maximum Gasteiger partial charge on any atom is 0.332 e. The molecule has 188 valence electrons. The summed E-state index contributed by atoms with van der Waals surface area (Å²) >= 11 is 0. The van der Waals surface area contributed by atoms with E-state index in [-0.39, 0.29) is 36.1 Å². The maximum atomic E-state index is 13.7. The summed E-state index contributed by atoms with van der Waals surface area (Å²) in [6, 6.07) is 7.71. The number of halogens is 1. The third kappa shape index (κ3) is 4.42. The number of imidazole rings is 1. The number of fused-ring (bicyclic) bond motifs is 2. The lowest BCUT2D eigenvalue weighted by molar-refractivity contribution is 0.496. The topological polar surface area (TPSA) is 117 Å². The lowest BCUT2D eigenvalue weighted by Gasteiger charge is -2.31. The molecule has 0 unspecified atom stereocenters. The summed E-state index contributed by atoms with van der Waals surface area (Å²) in [4.78, 5) is 43.0. The Bertz CT molecular complexity index is 1630. The van der Waals surface area contributed by atoms with E-state index >= 15 is 0 Å². The first-order valence-electron chi connectivity index (χ1n) is 11.7. The summed E-state index contributed by atoms with van der Waals surface area (Å²) in [6.07, 6.45) is 1.88. The van der Waals surface area contributed by atoms with Gasteiger partial charge in [-0.1, -0.05) is 24.1 Å². The molecule has 10 nitrogen and oxygen atoms in total. The van der Waals surface area contributed by atoms with Crippen LogP contribution in [0.1, 0.15) is 31.3 Å². The van der Waals surface area contributed by atoms with Gasteiger partial charge in [-0.25, -0.2) is 14.8 Å². The van der Waals surface area contributed by atoms with Crippen LogP contribution in [0, 0.1) is 18.8 Å². The Kier molecular flexibility index (Phi) is 7.28. The quantitative estimate of drug-likeness (QED) is 0.383. The molecule has 2 N–H and O–H groups in total. The van der Waals surface area contributed by atoms with Crippen molar-refractivity contribution in [1.82, 2.24) is 28.7 Å². The van der Waals surface area contributed by atoms with Crippen molar-refractivity contribution in [3.05, 3.63) is 56.6 Å². The van der Waals surface area contributed by atoms with E-state index in [1.807, 2.05) is 31.2 Å². The van der Waals surface area contributed by atoms with Crippen LogP contribution in [-0.2, 0) is 20.1 Å². The highest BCUT2D eigenvalue weighted by Crippen LogP contribution is 2.23. The van der Waals surface area contributed by atoms with E-state index in [0.29, 0.717) is 29.5 Å². The van der Waals surface area contributed by atoms with Crippen molar-refractivity contribution in [3.8, 4) is 11.8 Å². The predicted molar refractivity (Wildman–Crippen MR) is 146 cm³/mol. The molecule has 3 aromatic heterocycles. The van der Waals surface area contributed by atoms with Gasteiger partial charge in [-0.15, -0.1) is 22.9 Å². The zero-order valence-corrected chi connectivity index (χ0v) is 22.3. The number of aromatic nitrogens is 6. The van der Waals surface area contributed by atoms with Crippen LogP contribution in [-0.4, -0.2) is 47.8 Å². The van der Waals surface area contributed by atoms with E-state index < -0.39 is 11.2 Å². The fourth-order valence-corrected chi connectivity index (χ4v) is 4.75. The molecule has 0 saturated carbocycles. The van der Waals surface area contributed by atoms with Crippen LogP contribution < -0.4 is 21.9 Å². The minimum Gasteiger partial charge on any atom is -0.341 e. The van der Waals surface area contributed by atoms with Crippen LogP contribution in [0.2, 0.25) is 0 Å². The number of aryl methyl sites for hydroxylation is 2. The molecule has 1 aliphatic rings. The highest BCUT2D eigenvalue weighted by molar-refractivity contribution is 8.93. The van der Waals surface area contributed by atoms with Crippen molar-refractivity contribution in [2.75, 3.05) is 18.0 Å². The second-order valence-corrected chi connectivity index (χ2v) is 8.92. The van der Waals surface area contributed by atoms with Crippen LogP contribution in [0.5, 0.6) is 0 Å². The lowest BCUT2D eigenvalue weighted by atomic mass is 10.1. The number of benzene rings is 1. The van der Waals surface area contributed by atoms with Crippen LogP contribution >= 0.6 is 17.0 Å². The minimum atomic E-state index is -0.468. The number of hydrogen-bond acceptors (Lipinski definition) is 7. The van der Waals surface area contributed by atoms with Gasteiger partial charge in [-0.05, 0) is 32.8 Å². The first kappa shape index (κ1) is 25.6. The standard InChI is InChI=1S/C25H28N8O2.BrH/c1-4-5-13-32-21-22(29-24(32)31-12-8-9-17(26)14-31)30(3)25(35)33(23(21)34)15-20-27-16(2)18-10-6-7-11-19(18)28-20;/h6-7,10-11,17H,8-9,12-15,26H2,1-3H3;1H/t17-;/m1./s1. The van der Waals surface area contributed by atoms with Crippen molar-refractivity contribution in [2.45, 2.75) is 45.8 Å². The van der Waals surface area contributed by atoms with E-state index in [9.17, 15) is 9.59 Å². The average Bonchev–Trinajstić information content (AvgIpc) is 3.24. The molecule has 0 radical (unpaired) electrons. The molecule has 1 aliphatic heterocycles. The van der Waals surface area contributed by atoms with Crippen molar-refractivity contribution in [2.24, 2.45) is 12.8 Å². The number of piperidine rings is 1. The highest BCUT2D eigenvalue weighted by atomic mass is 79.9. The van der Waals surface area contributed by atoms with Crippen LogP contribution in [0.15, 0.2) is 33.9 Å². The molecule has 0 aliphatic carbocycles. The largest absolute Gasteiger partial charge is 0.341 e. The third-order valence-corrected chi connectivity index (χ3v) is 6.51. The molecule has 0 bridgehead atoms. The maximum absolute atomic E-state index is 13.7. The number of para-hydroxylation sites is 1. The highest BCUT2D eigenvalue weighted by Gasteiger charge is 2.26. The van der Waals surface area contributed by atoms with Gasteiger partial charge in [0.15, 0.2) is 11.2 Å². The van der Waals surface area contributed by atoms with Gasteiger partial charge in [-0.3, -0.25) is 18.5 Å². The number of hydrogen-bond donors (Lipinski definition) is 1. The molecule has 1 atom stereocenters. The van der Waals surface area contributed by atoms with Crippen molar-refractivity contribution in [3.63, 3.8) is 0 Å². The van der Waals surface area contributed by atoms with Gasteiger partial charge < -0.3 is 10.6 Å². The normalized spacial score (nSPS) is 15.6. The van der Waals surface area contributed by atoms with Gasteiger partial charge in [0.2, 0.25) is 5.95 Å². The smallest absolute Gasteiger partial charge is 0.332 e. The lowest BCUT2D eigenvalue weighted by Crippen LogP contribution is -2.44. The first-order valence-corrected chi connectivity index (χ1v) is 11.7. The van der Waals surface area contributed by atoms with Gasteiger partial charge >= 0.3 is 5.69 Å². The zero-order chi connectivity index (χ0) is 24.7. The summed E-state index contributed by atoms with van der Waals surface area (Å²) in [5.41, 5.74) is 7.54. The molecule has 0 amide bonds. The fourth-order valence-electron chi connectivity index (χ4n) is 4.75. The molecule has 4 heterocycles. The minimum absolute atomic E-state index is 0. The van der Waals surface area contributed by atoms with Gasteiger partial charge in [0.25, 0.3) is 5.56 Å². The van der Waals surface area contributed by atoms with E-state index in [2.05, 4.69) is 26.7 Å². The fraction of sp³-hybridized carbons (Fsp3) is 0.400. The van der Waals surface area contributed by atoms with Crippen molar-refractivity contribution >= 4 is 45.0 Å². The van der Waals surface area contributed by atoms with Crippen molar-refractivity contribution in [1.29, 1.82) is 0 Å². The summed E-state index contributed by atoms with van der Waals surface area (Å²) in [7, 11) is 1.63. The zero-order valence-electron chi connectivity index (χ0n) is 20.6. The summed E-state index contributed by atoms with van der Waals surface area (Å²) in [6.45, 7) is 5.31. The van der Waals surface area contributed by atoms with Gasteiger partial charge in [0, 0.05) is 37.3 Å². The Morgan fingerprint density at radius 2 is 1.92 bits per heavy atom. The SMILES string of the molecule is Br.CC#CCn1c(N2CCC[C@@H](N)C2)nc2c1c(=O)n(Cc1nc(C)c3ccccc3n1)c(=O)n2C.